The van der Waals surface area contributed by atoms with Crippen LogP contribution in [0.15, 0.2) is 6.07 Å². The third-order valence-corrected chi connectivity index (χ3v) is 1.68. The number of hydrogen-bond acceptors (Lipinski definition) is 4. The number of halogens is 3. The first-order valence-corrected chi connectivity index (χ1v) is 3.78. The van der Waals surface area contributed by atoms with Gasteiger partial charge in [-0.3, -0.25) is 4.79 Å². The zero-order valence-electron chi connectivity index (χ0n) is 6.67. The fraction of sp³-hybridized carbons (Fsp3) is 0.143. The fourth-order valence-electron chi connectivity index (χ4n) is 0.850. The van der Waals surface area contributed by atoms with Crippen molar-refractivity contribution in [3.05, 3.63) is 17.3 Å². The van der Waals surface area contributed by atoms with Crippen molar-refractivity contribution in [3.8, 4) is 5.75 Å². The number of pyridine rings is 1. The summed E-state index contributed by atoms with van der Waals surface area (Å²) in [4.78, 5) is 13.8. The number of nitrogen functional groups attached to an aromatic ring is 1. The van der Waals surface area contributed by atoms with Crippen LogP contribution in [-0.2, 0) is 0 Å². The molecule has 14 heavy (non-hydrogen) atoms. The van der Waals surface area contributed by atoms with Crippen molar-refractivity contribution in [2.75, 3.05) is 5.73 Å². The van der Waals surface area contributed by atoms with Gasteiger partial charge < -0.3 is 10.8 Å². The minimum Gasteiger partial charge on any atom is -0.506 e. The highest BCUT2D eigenvalue weighted by atomic mass is 35.5. The van der Waals surface area contributed by atoms with Gasteiger partial charge in [0.2, 0.25) is 0 Å². The molecule has 0 atom stereocenters. The minimum absolute atomic E-state index is 0.298. The summed E-state index contributed by atoms with van der Waals surface area (Å²) in [6, 6.07) is 0.763. The summed E-state index contributed by atoms with van der Waals surface area (Å²) in [7, 11) is 0. The minimum atomic E-state index is -2.96. The molecule has 0 saturated heterocycles. The van der Waals surface area contributed by atoms with Gasteiger partial charge in [0.05, 0.1) is 5.56 Å². The molecule has 0 fully saturated rings. The Morgan fingerprint density at radius 2 is 2.21 bits per heavy atom. The van der Waals surface area contributed by atoms with Crippen molar-refractivity contribution < 1.29 is 18.7 Å². The zero-order valence-corrected chi connectivity index (χ0v) is 7.42. The van der Waals surface area contributed by atoms with Gasteiger partial charge in [0, 0.05) is 0 Å². The van der Waals surface area contributed by atoms with Crippen molar-refractivity contribution in [1.82, 2.24) is 4.98 Å². The number of carbonyl (C=O) groups is 1. The van der Waals surface area contributed by atoms with Crippen LogP contribution < -0.4 is 5.73 Å². The van der Waals surface area contributed by atoms with Gasteiger partial charge in [-0.25, -0.2) is 13.8 Å². The second kappa shape index (κ2) is 3.75. The van der Waals surface area contributed by atoms with Crippen LogP contribution in [0, 0.1) is 0 Å². The summed E-state index contributed by atoms with van der Waals surface area (Å²) in [5, 5.41) is 8.06. The number of nitrogens with two attached hydrogens (primary N) is 1. The van der Waals surface area contributed by atoms with Gasteiger partial charge in [-0.05, 0) is 17.7 Å². The first-order chi connectivity index (χ1) is 6.43. The summed E-state index contributed by atoms with van der Waals surface area (Å²) in [5.74, 6) is -1.24. The van der Waals surface area contributed by atoms with Crippen LogP contribution in [0.2, 0.25) is 0 Å². The van der Waals surface area contributed by atoms with E-state index in [2.05, 4.69) is 4.98 Å². The fourth-order valence-corrected chi connectivity index (χ4v) is 1.00. The normalized spacial score (nSPS) is 10.6. The van der Waals surface area contributed by atoms with E-state index < -0.39 is 28.9 Å². The zero-order chi connectivity index (χ0) is 10.9. The van der Waals surface area contributed by atoms with Crippen LogP contribution in [0.25, 0.3) is 0 Å². The number of aromatic hydroxyl groups is 1. The van der Waals surface area contributed by atoms with Crippen molar-refractivity contribution >= 4 is 22.7 Å². The number of aromatic nitrogens is 1. The molecule has 0 bridgehead atoms. The molecule has 4 nitrogen and oxygen atoms in total. The molecule has 0 aromatic carbocycles. The molecule has 0 saturated carbocycles. The number of nitrogens with zero attached hydrogens (tertiary/aromatic N) is 1. The molecule has 0 aliphatic heterocycles. The largest absolute Gasteiger partial charge is 0.506 e. The van der Waals surface area contributed by atoms with E-state index in [0.29, 0.717) is 0 Å². The third-order valence-electron chi connectivity index (χ3n) is 1.48. The van der Waals surface area contributed by atoms with Crippen molar-refractivity contribution in [2.24, 2.45) is 0 Å². The van der Waals surface area contributed by atoms with Gasteiger partial charge in [0.15, 0.2) is 5.69 Å². The van der Waals surface area contributed by atoms with E-state index in [9.17, 15) is 13.6 Å². The molecule has 0 unspecified atom stereocenters. The predicted molar refractivity (Wildman–Crippen MR) is 45.5 cm³/mol. The van der Waals surface area contributed by atoms with Gasteiger partial charge in [0.1, 0.15) is 11.6 Å². The molecule has 76 valence electrons. The molecular formula is C7H5ClF2N2O2. The first-order valence-electron chi connectivity index (χ1n) is 3.41. The molecule has 0 amide bonds. The van der Waals surface area contributed by atoms with Gasteiger partial charge in [-0.2, -0.15) is 0 Å². The van der Waals surface area contributed by atoms with Crippen LogP contribution >= 0.6 is 11.6 Å². The SMILES string of the molecule is Nc1nc(C(F)F)c(O)cc1C(=O)Cl. The smallest absolute Gasteiger partial charge is 0.284 e. The van der Waals surface area contributed by atoms with Crippen LogP contribution in [0.5, 0.6) is 5.75 Å². The maximum Gasteiger partial charge on any atom is 0.284 e. The Bertz CT molecular complexity index is 384. The number of alkyl halides is 2. The van der Waals surface area contributed by atoms with Crippen LogP contribution in [0.3, 0.4) is 0 Å². The third kappa shape index (κ3) is 1.90. The Kier molecular flexibility index (Phi) is 2.85. The van der Waals surface area contributed by atoms with Gasteiger partial charge in [0.25, 0.3) is 11.7 Å². The summed E-state index contributed by atoms with van der Waals surface area (Å²) >= 11 is 5.05. The Balaban J connectivity index is 3.31. The lowest BCUT2D eigenvalue weighted by Gasteiger charge is -2.05. The second-order valence-electron chi connectivity index (χ2n) is 2.40. The van der Waals surface area contributed by atoms with Crippen LogP contribution in [0.4, 0.5) is 14.6 Å². The molecule has 3 N–H and O–H groups in total. The highest BCUT2D eigenvalue weighted by Gasteiger charge is 2.19. The van der Waals surface area contributed by atoms with Crippen LogP contribution in [-0.4, -0.2) is 15.3 Å². The molecular weight excluding hydrogens is 218 g/mol. The number of carbonyl (C=O) groups excluding carboxylic acids is 1. The first kappa shape index (κ1) is 10.6. The van der Waals surface area contributed by atoms with Crippen LogP contribution in [0.1, 0.15) is 22.5 Å². The van der Waals surface area contributed by atoms with E-state index in [4.69, 9.17) is 22.4 Å². The molecule has 1 rings (SSSR count). The quantitative estimate of drug-likeness (QED) is 0.747. The maximum absolute atomic E-state index is 12.1. The van der Waals surface area contributed by atoms with E-state index in [1.807, 2.05) is 0 Å². The summed E-state index contributed by atoms with van der Waals surface area (Å²) in [6.07, 6.45) is -2.96. The van der Waals surface area contributed by atoms with Gasteiger partial charge in [-0.1, -0.05) is 0 Å². The summed E-state index contributed by atoms with van der Waals surface area (Å²) in [5.41, 5.74) is 4.00. The van der Waals surface area contributed by atoms with Gasteiger partial charge in [-0.15, -0.1) is 0 Å². The summed E-state index contributed by atoms with van der Waals surface area (Å²) < 4.78 is 24.3. The standard InChI is InChI=1S/C7H5ClF2N2O2/c8-5(14)2-1-3(13)4(6(9)10)12-7(2)11/h1,6,13H,(H2,11,12). The molecule has 1 aromatic heterocycles. The van der Waals surface area contributed by atoms with E-state index >= 15 is 0 Å². The molecule has 0 aliphatic carbocycles. The molecule has 1 aromatic rings. The Hall–Kier alpha value is -1.43. The molecule has 0 radical (unpaired) electrons. The topological polar surface area (TPSA) is 76.2 Å². The monoisotopic (exact) mass is 222 g/mol. The number of anilines is 1. The lowest BCUT2D eigenvalue weighted by Crippen LogP contribution is -2.04. The average molecular weight is 223 g/mol. The highest BCUT2D eigenvalue weighted by molar-refractivity contribution is 6.68. The Morgan fingerprint density at radius 3 is 2.64 bits per heavy atom. The molecule has 0 spiro atoms. The molecule has 7 heteroatoms. The van der Waals surface area contributed by atoms with Crippen molar-refractivity contribution in [3.63, 3.8) is 0 Å². The molecule has 0 aliphatic rings. The van der Waals surface area contributed by atoms with E-state index in [1.165, 1.54) is 0 Å². The Morgan fingerprint density at radius 1 is 1.64 bits per heavy atom. The maximum atomic E-state index is 12.1. The summed E-state index contributed by atoms with van der Waals surface area (Å²) in [6.45, 7) is 0. The lowest BCUT2D eigenvalue weighted by atomic mass is 10.2. The highest BCUT2D eigenvalue weighted by Crippen LogP contribution is 2.29. The van der Waals surface area contributed by atoms with E-state index in [0.717, 1.165) is 6.07 Å². The van der Waals surface area contributed by atoms with Gasteiger partial charge >= 0.3 is 0 Å². The second-order valence-corrected chi connectivity index (χ2v) is 2.74. The molecule has 1 heterocycles. The predicted octanol–water partition coefficient (Wildman–Crippen LogP) is 1.69. The van der Waals surface area contributed by atoms with Crippen molar-refractivity contribution in [1.29, 1.82) is 0 Å². The van der Waals surface area contributed by atoms with E-state index in [1.54, 1.807) is 0 Å². The Labute approximate surface area is 82.3 Å². The van der Waals surface area contributed by atoms with Crippen molar-refractivity contribution in [2.45, 2.75) is 6.43 Å². The number of hydrogen-bond donors (Lipinski definition) is 2. The lowest BCUT2D eigenvalue weighted by molar-refractivity contribution is 0.108. The number of rotatable bonds is 2. The average Bonchev–Trinajstić information content (AvgIpc) is 2.07. The van der Waals surface area contributed by atoms with E-state index in [-0.39, 0.29) is 5.56 Å².